The Morgan fingerprint density at radius 1 is 1.10 bits per heavy atom. The quantitative estimate of drug-likeness (QED) is 0.886. The second-order valence-electron chi connectivity index (χ2n) is 5.69. The summed E-state index contributed by atoms with van der Waals surface area (Å²) in [6.45, 7) is 1.39. The molecule has 0 aliphatic heterocycles. The lowest BCUT2D eigenvalue weighted by Gasteiger charge is -2.29. The predicted octanol–water partition coefficient (Wildman–Crippen LogP) is 4.06. The van der Waals surface area contributed by atoms with Crippen LogP contribution >= 0.6 is 15.9 Å². The fourth-order valence-corrected chi connectivity index (χ4v) is 3.50. The summed E-state index contributed by atoms with van der Waals surface area (Å²) in [5.74, 6) is 0.914. The van der Waals surface area contributed by atoms with Crippen LogP contribution in [0.4, 0.5) is 0 Å². The molecule has 110 valence electrons. The summed E-state index contributed by atoms with van der Waals surface area (Å²) in [4.78, 5) is 0. The van der Waals surface area contributed by atoms with E-state index in [2.05, 4.69) is 40.2 Å². The number of benzene rings is 2. The van der Waals surface area contributed by atoms with Gasteiger partial charge in [-0.3, -0.25) is 0 Å². The highest BCUT2D eigenvalue weighted by atomic mass is 79.9. The Bertz CT molecular complexity index is 611. The van der Waals surface area contributed by atoms with E-state index in [9.17, 15) is 0 Å². The molecule has 2 N–H and O–H groups in total. The van der Waals surface area contributed by atoms with Crippen LogP contribution in [-0.2, 0) is 11.8 Å². The molecule has 0 aromatic heterocycles. The molecule has 0 heterocycles. The van der Waals surface area contributed by atoms with E-state index in [0.29, 0.717) is 13.2 Å². The van der Waals surface area contributed by atoms with Crippen LogP contribution < -0.4 is 10.5 Å². The lowest BCUT2D eigenvalue weighted by molar-refractivity contribution is 0.256. The third kappa shape index (κ3) is 2.99. The number of aryl methyl sites for hydroxylation is 1. The van der Waals surface area contributed by atoms with E-state index in [0.717, 1.165) is 29.5 Å². The van der Waals surface area contributed by atoms with Crippen LogP contribution in [0.1, 0.15) is 24.0 Å². The van der Waals surface area contributed by atoms with Crippen molar-refractivity contribution >= 4 is 15.9 Å². The van der Waals surface area contributed by atoms with E-state index in [1.165, 1.54) is 11.1 Å². The van der Waals surface area contributed by atoms with Crippen LogP contribution in [0.3, 0.4) is 0 Å². The number of nitrogens with two attached hydrogens (primary N) is 1. The van der Waals surface area contributed by atoms with Gasteiger partial charge in [-0.25, -0.2) is 0 Å². The molecule has 0 saturated carbocycles. The van der Waals surface area contributed by atoms with Crippen molar-refractivity contribution in [3.63, 3.8) is 0 Å². The molecule has 0 amide bonds. The summed E-state index contributed by atoms with van der Waals surface area (Å²) < 4.78 is 6.96. The molecule has 1 atom stereocenters. The zero-order valence-corrected chi connectivity index (χ0v) is 13.6. The Morgan fingerprint density at radius 2 is 1.86 bits per heavy atom. The predicted molar refractivity (Wildman–Crippen MR) is 89.7 cm³/mol. The maximum atomic E-state index is 6.12. The molecule has 2 nitrogen and oxygen atoms in total. The third-order valence-electron chi connectivity index (χ3n) is 4.52. The zero-order valence-electron chi connectivity index (χ0n) is 12.0. The van der Waals surface area contributed by atoms with Gasteiger partial charge in [0, 0.05) is 16.4 Å². The first-order chi connectivity index (χ1) is 10.2. The lowest BCUT2D eigenvalue weighted by Crippen LogP contribution is -2.34. The number of fused-ring (bicyclic) bond motifs is 1. The number of ether oxygens (including phenoxy) is 1. The monoisotopic (exact) mass is 345 g/mol. The average molecular weight is 346 g/mol. The number of rotatable bonds is 5. The van der Waals surface area contributed by atoms with Gasteiger partial charge in [-0.05, 0) is 54.7 Å². The minimum atomic E-state index is 0.0892. The normalized spacial score (nSPS) is 20.3. The van der Waals surface area contributed by atoms with Crippen molar-refractivity contribution < 1.29 is 4.74 Å². The largest absolute Gasteiger partial charge is 0.494 e. The first kappa shape index (κ1) is 14.6. The molecule has 1 aliphatic rings. The first-order valence-electron chi connectivity index (χ1n) is 7.40. The lowest BCUT2D eigenvalue weighted by atomic mass is 9.79. The van der Waals surface area contributed by atoms with Crippen molar-refractivity contribution in [1.29, 1.82) is 0 Å². The molecule has 0 fully saturated rings. The van der Waals surface area contributed by atoms with Crippen LogP contribution in [0.25, 0.3) is 0 Å². The molecule has 21 heavy (non-hydrogen) atoms. The van der Waals surface area contributed by atoms with Crippen molar-refractivity contribution in [2.45, 2.75) is 24.7 Å². The zero-order chi connectivity index (χ0) is 14.7. The van der Waals surface area contributed by atoms with Gasteiger partial charge in [0.05, 0.1) is 6.61 Å². The van der Waals surface area contributed by atoms with Gasteiger partial charge in [0.2, 0.25) is 0 Å². The Morgan fingerprint density at radius 3 is 2.62 bits per heavy atom. The summed E-state index contributed by atoms with van der Waals surface area (Å²) in [5, 5.41) is 0. The summed E-state index contributed by atoms with van der Waals surface area (Å²) >= 11 is 3.43. The molecule has 3 heteroatoms. The van der Waals surface area contributed by atoms with E-state index in [1.54, 1.807) is 0 Å². The Hall–Kier alpha value is -1.32. The Labute approximate surface area is 134 Å². The van der Waals surface area contributed by atoms with E-state index in [1.807, 2.05) is 24.3 Å². The van der Waals surface area contributed by atoms with Crippen molar-refractivity contribution in [2.24, 2.45) is 5.73 Å². The van der Waals surface area contributed by atoms with Gasteiger partial charge in [0.25, 0.3) is 0 Å². The molecule has 2 aromatic carbocycles. The second-order valence-corrected chi connectivity index (χ2v) is 6.61. The Kier molecular flexibility index (Phi) is 4.32. The summed E-state index contributed by atoms with van der Waals surface area (Å²) in [6, 6.07) is 16.7. The highest BCUT2D eigenvalue weighted by Crippen LogP contribution is 2.40. The number of hydrogen-bond donors (Lipinski definition) is 1. The van der Waals surface area contributed by atoms with Crippen LogP contribution in [0, 0.1) is 0 Å². The van der Waals surface area contributed by atoms with Gasteiger partial charge in [0.15, 0.2) is 0 Å². The van der Waals surface area contributed by atoms with E-state index in [-0.39, 0.29) is 5.41 Å². The minimum Gasteiger partial charge on any atom is -0.494 e. The molecular formula is C18H20BrNO. The molecular weight excluding hydrogens is 326 g/mol. The smallest absolute Gasteiger partial charge is 0.119 e. The van der Waals surface area contributed by atoms with E-state index >= 15 is 0 Å². The SMILES string of the molecule is NCC1(CCOc2ccc(Br)cc2)CCc2ccccc21. The molecule has 1 aliphatic carbocycles. The Balaban J connectivity index is 1.67. The van der Waals surface area contributed by atoms with Crippen LogP contribution in [-0.4, -0.2) is 13.2 Å². The standard InChI is InChI=1S/C18H20BrNO/c19-15-5-7-16(8-6-15)21-12-11-18(13-20)10-9-14-3-1-2-4-17(14)18/h1-8H,9-13,20H2. The molecule has 3 rings (SSSR count). The molecule has 1 unspecified atom stereocenters. The first-order valence-corrected chi connectivity index (χ1v) is 8.20. The molecule has 0 saturated heterocycles. The van der Waals surface area contributed by atoms with E-state index in [4.69, 9.17) is 10.5 Å². The topological polar surface area (TPSA) is 35.2 Å². The van der Waals surface area contributed by atoms with Gasteiger partial charge in [-0.15, -0.1) is 0 Å². The van der Waals surface area contributed by atoms with Crippen molar-refractivity contribution in [3.05, 3.63) is 64.1 Å². The summed E-state index contributed by atoms with van der Waals surface area (Å²) in [5.41, 5.74) is 9.08. The fourth-order valence-electron chi connectivity index (χ4n) is 3.23. The number of hydrogen-bond acceptors (Lipinski definition) is 2. The summed E-state index contributed by atoms with van der Waals surface area (Å²) in [6.07, 6.45) is 3.23. The van der Waals surface area contributed by atoms with E-state index < -0.39 is 0 Å². The highest BCUT2D eigenvalue weighted by Gasteiger charge is 2.36. The summed E-state index contributed by atoms with van der Waals surface area (Å²) in [7, 11) is 0. The van der Waals surface area contributed by atoms with Gasteiger partial charge in [-0.1, -0.05) is 40.2 Å². The fraction of sp³-hybridized carbons (Fsp3) is 0.333. The second kappa shape index (κ2) is 6.20. The van der Waals surface area contributed by atoms with Crippen molar-refractivity contribution in [1.82, 2.24) is 0 Å². The molecule has 0 bridgehead atoms. The van der Waals surface area contributed by atoms with Gasteiger partial charge >= 0.3 is 0 Å². The van der Waals surface area contributed by atoms with Crippen molar-refractivity contribution in [2.75, 3.05) is 13.2 Å². The van der Waals surface area contributed by atoms with Crippen LogP contribution in [0.15, 0.2) is 53.0 Å². The van der Waals surface area contributed by atoms with Gasteiger partial charge in [-0.2, -0.15) is 0 Å². The van der Waals surface area contributed by atoms with Crippen LogP contribution in [0.2, 0.25) is 0 Å². The molecule has 0 radical (unpaired) electrons. The molecule has 2 aromatic rings. The number of halogens is 1. The van der Waals surface area contributed by atoms with Crippen molar-refractivity contribution in [3.8, 4) is 5.75 Å². The van der Waals surface area contributed by atoms with Gasteiger partial charge in [0.1, 0.15) is 5.75 Å². The van der Waals surface area contributed by atoms with Crippen LogP contribution in [0.5, 0.6) is 5.75 Å². The minimum absolute atomic E-state index is 0.0892. The average Bonchev–Trinajstić information content (AvgIpc) is 2.89. The third-order valence-corrected chi connectivity index (χ3v) is 5.04. The highest BCUT2D eigenvalue weighted by molar-refractivity contribution is 9.10. The molecule has 0 spiro atoms. The maximum Gasteiger partial charge on any atom is 0.119 e. The maximum absolute atomic E-state index is 6.12. The van der Waals surface area contributed by atoms with Gasteiger partial charge < -0.3 is 10.5 Å².